The maximum atomic E-state index is 5.16. The number of nitrogens with two attached hydrogens (primary N) is 7. The first-order valence-corrected chi connectivity index (χ1v) is 9.06. The van der Waals surface area contributed by atoms with Crippen molar-refractivity contribution in [2.45, 2.75) is 58.3 Å². The van der Waals surface area contributed by atoms with Crippen molar-refractivity contribution in [3.8, 4) is 0 Å². The molecule has 0 aromatic rings. The molecular weight excluding hydrogens is 290 g/mol. The fourth-order valence-electron chi connectivity index (χ4n) is 1.07. The van der Waals surface area contributed by atoms with Gasteiger partial charge in [-0.05, 0) is 90.8 Å². The average Bonchev–Trinajstić information content (AvgIpc) is 2.58. The Balaban J connectivity index is -0.000000105. The molecule has 0 aromatic heterocycles. The SMILES string of the molecule is CCCCN.NCCCCN.NCCCCN.NCCCCN. The van der Waals surface area contributed by atoms with E-state index in [0.717, 1.165) is 84.3 Å². The van der Waals surface area contributed by atoms with Gasteiger partial charge in [-0.3, -0.25) is 0 Å². The molecular formula is C16H47N7. The zero-order chi connectivity index (χ0) is 18.6. The Morgan fingerprint density at radius 3 is 0.565 bits per heavy atom. The van der Waals surface area contributed by atoms with Crippen LogP contribution >= 0.6 is 0 Å². The molecule has 0 heterocycles. The standard InChI is InChI=1S/3C4H12N2.C4H11N/c3*5-3-1-2-4-6;1-2-3-4-5/h3*1-6H2;2-5H2,1H3. The van der Waals surface area contributed by atoms with Gasteiger partial charge in [0, 0.05) is 0 Å². The summed E-state index contributed by atoms with van der Waals surface area (Å²) in [5.74, 6) is 0. The summed E-state index contributed by atoms with van der Waals surface area (Å²) in [6, 6.07) is 0. The lowest BCUT2D eigenvalue weighted by Crippen LogP contribution is -2.03. The minimum absolute atomic E-state index is 0.775. The minimum Gasteiger partial charge on any atom is -0.330 e. The molecule has 0 fully saturated rings. The van der Waals surface area contributed by atoms with Gasteiger partial charge in [0.25, 0.3) is 0 Å². The molecule has 0 aromatic carbocycles. The predicted octanol–water partition coefficient (Wildman–Crippen LogP) is -0.203. The third-order valence-corrected chi connectivity index (χ3v) is 2.53. The Hall–Kier alpha value is -0.280. The molecule has 0 aliphatic rings. The molecule has 7 heteroatoms. The Labute approximate surface area is 145 Å². The van der Waals surface area contributed by atoms with Gasteiger partial charge in [0.1, 0.15) is 0 Å². The molecule has 146 valence electrons. The smallest absolute Gasteiger partial charge is 0.00768 e. The van der Waals surface area contributed by atoms with Crippen LogP contribution in [0.2, 0.25) is 0 Å². The summed E-state index contributed by atoms with van der Waals surface area (Å²) in [5.41, 5.74) is 36.1. The maximum Gasteiger partial charge on any atom is -0.00768 e. The van der Waals surface area contributed by atoms with E-state index in [1.54, 1.807) is 0 Å². The quantitative estimate of drug-likeness (QED) is 0.254. The van der Waals surface area contributed by atoms with Gasteiger partial charge in [-0.15, -0.1) is 0 Å². The lowest BCUT2D eigenvalue weighted by molar-refractivity contribution is 0.755. The first-order chi connectivity index (χ1) is 11.2. The normalized spacial score (nSPS) is 8.87. The molecule has 0 aliphatic heterocycles. The largest absolute Gasteiger partial charge is 0.330 e. The van der Waals surface area contributed by atoms with E-state index in [2.05, 4.69) is 6.92 Å². The van der Waals surface area contributed by atoms with Gasteiger partial charge in [0.15, 0.2) is 0 Å². The molecule has 0 rings (SSSR count). The van der Waals surface area contributed by atoms with E-state index in [1.807, 2.05) is 0 Å². The fraction of sp³-hybridized carbons (Fsp3) is 1.00. The molecule has 0 saturated heterocycles. The van der Waals surface area contributed by atoms with Crippen LogP contribution in [-0.2, 0) is 0 Å². The monoisotopic (exact) mass is 337 g/mol. The second kappa shape index (κ2) is 43.0. The van der Waals surface area contributed by atoms with E-state index < -0.39 is 0 Å². The van der Waals surface area contributed by atoms with Crippen LogP contribution in [0.25, 0.3) is 0 Å². The zero-order valence-electron chi connectivity index (χ0n) is 15.6. The van der Waals surface area contributed by atoms with E-state index in [1.165, 1.54) is 12.8 Å². The van der Waals surface area contributed by atoms with Crippen molar-refractivity contribution in [1.82, 2.24) is 0 Å². The van der Waals surface area contributed by atoms with Gasteiger partial charge in [0.05, 0.1) is 0 Å². The highest BCUT2D eigenvalue weighted by Crippen LogP contribution is 1.78. The Morgan fingerprint density at radius 2 is 0.522 bits per heavy atom. The Morgan fingerprint density at radius 1 is 0.348 bits per heavy atom. The Kier molecular flexibility index (Phi) is 57.2. The fourth-order valence-corrected chi connectivity index (χ4v) is 1.07. The zero-order valence-corrected chi connectivity index (χ0v) is 15.6. The topological polar surface area (TPSA) is 182 Å². The van der Waals surface area contributed by atoms with E-state index in [-0.39, 0.29) is 0 Å². The summed E-state index contributed by atoms with van der Waals surface area (Å²) >= 11 is 0. The van der Waals surface area contributed by atoms with Crippen molar-refractivity contribution in [2.75, 3.05) is 45.8 Å². The first kappa shape index (κ1) is 30.6. The summed E-state index contributed by atoms with van der Waals surface area (Å²) in [5, 5.41) is 0. The van der Waals surface area contributed by atoms with E-state index in [9.17, 15) is 0 Å². The van der Waals surface area contributed by atoms with Crippen LogP contribution in [0.4, 0.5) is 0 Å². The molecule has 0 bridgehead atoms. The van der Waals surface area contributed by atoms with Gasteiger partial charge in [-0.25, -0.2) is 0 Å². The average molecular weight is 338 g/mol. The van der Waals surface area contributed by atoms with Gasteiger partial charge in [-0.2, -0.15) is 0 Å². The summed E-state index contributed by atoms with van der Waals surface area (Å²) in [6.45, 7) is 7.63. The van der Waals surface area contributed by atoms with Crippen molar-refractivity contribution in [2.24, 2.45) is 40.1 Å². The number of rotatable bonds is 11. The van der Waals surface area contributed by atoms with Crippen molar-refractivity contribution >= 4 is 0 Å². The maximum absolute atomic E-state index is 5.16. The summed E-state index contributed by atoms with van der Waals surface area (Å²) < 4.78 is 0. The highest BCUT2D eigenvalue weighted by Gasteiger charge is 1.76. The van der Waals surface area contributed by atoms with Crippen molar-refractivity contribution in [3.05, 3.63) is 0 Å². The van der Waals surface area contributed by atoms with E-state index in [0.29, 0.717) is 0 Å². The van der Waals surface area contributed by atoms with Crippen LogP contribution in [0, 0.1) is 0 Å². The summed E-state index contributed by atoms with van der Waals surface area (Å²) in [7, 11) is 0. The molecule has 7 nitrogen and oxygen atoms in total. The summed E-state index contributed by atoms with van der Waals surface area (Å²) in [6.07, 6.45) is 8.78. The molecule has 0 atom stereocenters. The minimum atomic E-state index is 0.775. The van der Waals surface area contributed by atoms with Crippen LogP contribution in [0.1, 0.15) is 58.3 Å². The van der Waals surface area contributed by atoms with Crippen LogP contribution in [0.3, 0.4) is 0 Å². The number of unbranched alkanes of at least 4 members (excludes halogenated alkanes) is 4. The second-order valence-electron chi connectivity index (χ2n) is 5.00. The van der Waals surface area contributed by atoms with Crippen LogP contribution in [0.15, 0.2) is 0 Å². The molecule has 0 radical (unpaired) electrons. The van der Waals surface area contributed by atoms with Gasteiger partial charge in [-0.1, -0.05) is 13.3 Å². The second-order valence-corrected chi connectivity index (χ2v) is 5.00. The molecule has 0 unspecified atom stereocenters. The highest BCUT2D eigenvalue weighted by molar-refractivity contribution is 4.39. The molecule has 0 saturated carbocycles. The van der Waals surface area contributed by atoms with Gasteiger partial charge < -0.3 is 40.1 Å². The molecule has 0 aliphatic carbocycles. The number of hydrogen-bond donors (Lipinski definition) is 7. The molecule has 0 spiro atoms. The van der Waals surface area contributed by atoms with E-state index in [4.69, 9.17) is 40.1 Å². The lowest BCUT2D eigenvalue weighted by atomic mass is 10.3. The molecule has 14 N–H and O–H groups in total. The van der Waals surface area contributed by atoms with Crippen molar-refractivity contribution in [3.63, 3.8) is 0 Å². The van der Waals surface area contributed by atoms with Crippen molar-refractivity contribution < 1.29 is 0 Å². The predicted molar refractivity (Wildman–Crippen MR) is 106 cm³/mol. The van der Waals surface area contributed by atoms with Crippen LogP contribution in [0.5, 0.6) is 0 Å². The van der Waals surface area contributed by atoms with Gasteiger partial charge >= 0.3 is 0 Å². The third-order valence-electron chi connectivity index (χ3n) is 2.53. The highest BCUT2D eigenvalue weighted by atomic mass is 14.6. The first-order valence-electron chi connectivity index (χ1n) is 9.06. The Bertz CT molecular complexity index is 105. The van der Waals surface area contributed by atoms with E-state index >= 15 is 0 Å². The van der Waals surface area contributed by atoms with Gasteiger partial charge in [0.2, 0.25) is 0 Å². The third kappa shape index (κ3) is 73.5. The number of hydrogen-bond acceptors (Lipinski definition) is 7. The van der Waals surface area contributed by atoms with Crippen molar-refractivity contribution in [1.29, 1.82) is 0 Å². The lowest BCUT2D eigenvalue weighted by Gasteiger charge is -1.87. The summed E-state index contributed by atoms with van der Waals surface area (Å²) in [4.78, 5) is 0. The van der Waals surface area contributed by atoms with Crippen LogP contribution < -0.4 is 40.1 Å². The molecule has 23 heavy (non-hydrogen) atoms. The molecule has 0 amide bonds. The van der Waals surface area contributed by atoms with Crippen LogP contribution in [-0.4, -0.2) is 45.8 Å².